The summed E-state index contributed by atoms with van der Waals surface area (Å²) in [7, 11) is 0. The van der Waals surface area contributed by atoms with Crippen molar-refractivity contribution in [2.45, 2.75) is 19.8 Å². The first kappa shape index (κ1) is 22.7. The highest BCUT2D eigenvalue weighted by atomic mass is 16.3. The van der Waals surface area contributed by atoms with Crippen LogP contribution in [-0.2, 0) is 0 Å². The molecule has 194 valence electrons. The fraction of sp³-hybridized carbons (Fsp3) is 0.0769. The number of para-hydroxylation sites is 1. The van der Waals surface area contributed by atoms with Crippen LogP contribution < -0.4 is 0 Å². The van der Waals surface area contributed by atoms with Crippen molar-refractivity contribution in [1.29, 1.82) is 0 Å². The molecular weight excluding hydrogens is 498 g/mol. The molecule has 0 bridgehead atoms. The predicted molar refractivity (Wildman–Crippen MR) is 173 cm³/mol. The number of rotatable bonds is 3. The maximum absolute atomic E-state index is 6.62. The molecule has 0 unspecified atom stereocenters. The molecule has 3 aromatic heterocycles. The summed E-state index contributed by atoms with van der Waals surface area (Å²) in [5.41, 5.74) is 11.8. The molecule has 3 heterocycles. The quantitative estimate of drug-likeness (QED) is 0.224. The van der Waals surface area contributed by atoms with E-state index in [4.69, 9.17) is 4.42 Å². The van der Waals surface area contributed by atoms with Crippen molar-refractivity contribution in [3.63, 3.8) is 0 Å². The maximum atomic E-state index is 6.62. The molecule has 0 radical (unpaired) electrons. The van der Waals surface area contributed by atoms with Gasteiger partial charge in [0.15, 0.2) is 5.58 Å². The molecule has 0 amide bonds. The lowest BCUT2D eigenvalue weighted by molar-refractivity contribution is 0.671. The van der Waals surface area contributed by atoms with Crippen LogP contribution in [0, 0.1) is 0 Å². The Hall–Kier alpha value is -5.08. The van der Waals surface area contributed by atoms with Gasteiger partial charge < -0.3 is 8.82 Å². The van der Waals surface area contributed by atoms with E-state index in [1.54, 1.807) is 0 Å². The van der Waals surface area contributed by atoms with E-state index in [0.29, 0.717) is 5.92 Å². The zero-order valence-electron chi connectivity index (χ0n) is 23.0. The van der Waals surface area contributed by atoms with Crippen LogP contribution in [0.5, 0.6) is 0 Å². The van der Waals surface area contributed by atoms with Crippen molar-refractivity contribution in [3.8, 4) is 22.3 Å². The van der Waals surface area contributed by atoms with E-state index in [2.05, 4.69) is 134 Å². The summed E-state index contributed by atoms with van der Waals surface area (Å²) in [4.78, 5) is 0. The number of fused-ring (bicyclic) bond motifs is 10. The van der Waals surface area contributed by atoms with Crippen LogP contribution in [0.15, 0.2) is 126 Å². The third-order valence-corrected chi connectivity index (χ3v) is 8.91. The average Bonchev–Trinajstić information content (AvgIpc) is 3.67. The van der Waals surface area contributed by atoms with Crippen LogP contribution in [0.1, 0.15) is 25.3 Å². The van der Waals surface area contributed by atoms with Crippen molar-refractivity contribution in [3.05, 3.63) is 127 Å². The SMILES string of the molecule is CC(C)c1ccc(-c2cc3c4ccc(-c5ccccc5)cc4n4c3c(c2)c2ccc3c5ccccc5oc3c24)cc1. The average molecular weight is 526 g/mol. The van der Waals surface area contributed by atoms with E-state index in [1.807, 2.05) is 6.07 Å². The van der Waals surface area contributed by atoms with Gasteiger partial charge in [-0.15, -0.1) is 0 Å². The van der Waals surface area contributed by atoms with Gasteiger partial charge >= 0.3 is 0 Å². The van der Waals surface area contributed by atoms with Crippen molar-refractivity contribution < 1.29 is 4.42 Å². The first-order valence-corrected chi connectivity index (χ1v) is 14.4. The van der Waals surface area contributed by atoms with Crippen molar-refractivity contribution >= 4 is 60.0 Å². The van der Waals surface area contributed by atoms with Gasteiger partial charge in [-0.3, -0.25) is 0 Å². The lowest BCUT2D eigenvalue weighted by atomic mass is 9.96. The van der Waals surface area contributed by atoms with E-state index in [1.165, 1.54) is 60.4 Å². The zero-order valence-corrected chi connectivity index (χ0v) is 23.0. The number of hydrogen-bond donors (Lipinski definition) is 0. The van der Waals surface area contributed by atoms with Gasteiger partial charge in [-0.25, -0.2) is 0 Å². The van der Waals surface area contributed by atoms with Gasteiger partial charge in [0.2, 0.25) is 0 Å². The molecule has 9 aromatic rings. The molecule has 0 atom stereocenters. The molecule has 0 aliphatic carbocycles. The minimum Gasteiger partial charge on any atom is -0.454 e. The number of nitrogens with zero attached hydrogens (tertiary/aromatic N) is 1. The largest absolute Gasteiger partial charge is 0.454 e. The molecule has 0 spiro atoms. The summed E-state index contributed by atoms with van der Waals surface area (Å²) in [5, 5.41) is 7.35. The Bertz CT molecular complexity index is 2420. The van der Waals surface area contributed by atoms with Gasteiger partial charge in [-0.05, 0) is 64.1 Å². The lowest BCUT2D eigenvalue weighted by Crippen LogP contribution is -1.86. The lowest BCUT2D eigenvalue weighted by Gasteiger charge is -2.08. The zero-order chi connectivity index (χ0) is 27.2. The Morgan fingerprint density at radius 1 is 0.488 bits per heavy atom. The van der Waals surface area contributed by atoms with Gasteiger partial charge in [0, 0.05) is 32.3 Å². The van der Waals surface area contributed by atoms with Gasteiger partial charge in [-0.2, -0.15) is 0 Å². The Kier molecular flexibility index (Phi) is 4.55. The van der Waals surface area contributed by atoms with E-state index in [-0.39, 0.29) is 0 Å². The van der Waals surface area contributed by atoms with Crippen LogP contribution in [0.3, 0.4) is 0 Å². The third kappa shape index (κ3) is 3.13. The number of hydrogen-bond acceptors (Lipinski definition) is 1. The summed E-state index contributed by atoms with van der Waals surface area (Å²) >= 11 is 0. The summed E-state index contributed by atoms with van der Waals surface area (Å²) in [6.45, 7) is 4.49. The second-order valence-corrected chi connectivity index (χ2v) is 11.6. The molecular formula is C39H27NO. The normalized spacial score (nSPS) is 12.4. The highest BCUT2D eigenvalue weighted by Crippen LogP contribution is 2.45. The smallest absolute Gasteiger partial charge is 0.160 e. The number of furan rings is 1. The predicted octanol–water partition coefficient (Wildman–Crippen LogP) is 11.2. The van der Waals surface area contributed by atoms with E-state index >= 15 is 0 Å². The fourth-order valence-corrected chi connectivity index (χ4v) is 6.83. The Morgan fingerprint density at radius 2 is 1.15 bits per heavy atom. The van der Waals surface area contributed by atoms with Gasteiger partial charge in [0.25, 0.3) is 0 Å². The highest BCUT2D eigenvalue weighted by Gasteiger charge is 2.23. The van der Waals surface area contributed by atoms with Crippen molar-refractivity contribution in [2.75, 3.05) is 0 Å². The van der Waals surface area contributed by atoms with E-state index in [0.717, 1.165) is 27.5 Å². The van der Waals surface area contributed by atoms with Crippen LogP contribution in [0.25, 0.3) is 82.3 Å². The van der Waals surface area contributed by atoms with Gasteiger partial charge in [-0.1, -0.05) is 105 Å². The minimum absolute atomic E-state index is 0.513. The van der Waals surface area contributed by atoms with E-state index in [9.17, 15) is 0 Å². The second-order valence-electron chi connectivity index (χ2n) is 11.6. The minimum atomic E-state index is 0.513. The molecule has 6 aromatic carbocycles. The summed E-state index contributed by atoms with van der Waals surface area (Å²) in [5.74, 6) is 0.513. The molecule has 0 aliphatic rings. The van der Waals surface area contributed by atoms with Gasteiger partial charge in [0.1, 0.15) is 5.58 Å². The summed E-state index contributed by atoms with van der Waals surface area (Å²) in [6, 6.07) is 44.3. The Labute approximate surface area is 237 Å². The van der Waals surface area contributed by atoms with Crippen LogP contribution in [0.4, 0.5) is 0 Å². The van der Waals surface area contributed by atoms with Gasteiger partial charge in [0.05, 0.1) is 16.6 Å². The highest BCUT2D eigenvalue weighted by molar-refractivity contribution is 6.29. The Morgan fingerprint density at radius 3 is 1.95 bits per heavy atom. The van der Waals surface area contributed by atoms with Crippen LogP contribution >= 0.6 is 0 Å². The summed E-state index contributed by atoms with van der Waals surface area (Å²) < 4.78 is 9.08. The topological polar surface area (TPSA) is 17.6 Å². The molecule has 0 fully saturated rings. The third-order valence-electron chi connectivity index (χ3n) is 8.91. The Balaban J connectivity index is 1.45. The molecule has 9 rings (SSSR count). The maximum Gasteiger partial charge on any atom is 0.160 e. The van der Waals surface area contributed by atoms with Crippen molar-refractivity contribution in [2.24, 2.45) is 0 Å². The van der Waals surface area contributed by atoms with E-state index < -0.39 is 0 Å². The first-order valence-electron chi connectivity index (χ1n) is 14.4. The first-order chi connectivity index (χ1) is 20.2. The second kappa shape index (κ2) is 8.22. The molecule has 0 saturated carbocycles. The summed E-state index contributed by atoms with van der Waals surface area (Å²) in [6.07, 6.45) is 0. The van der Waals surface area contributed by atoms with Crippen LogP contribution in [-0.4, -0.2) is 4.40 Å². The molecule has 2 nitrogen and oxygen atoms in total. The molecule has 0 saturated heterocycles. The van der Waals surface area contributed by atoms with Crippen LogP contribution in [0.2, 0.25) is 0 Å². The molecule has 0 aliphatic heterocycles. The monoisotopic (exact) mass is 525 g/mol. The fourth-order valence-electron chi connectivity index (χ4n) is 6.83. The molecule has 41 heavy (non-hydrogen) atoms. The number of benzene rings is 6. The van der Waals surface area contributed by atoms with Crippen molar-refractivity contribution in [1.82, 2.24) is 4.40 Å². The number of aromatic nitrogens is 1. The standard InChI is InChI=1S/C39H27NO/c1-23(2)24-12-14-26(15-13-24)28-20-33-29-17-16-27(25-8-4-3-5-9-25)22-35(29)40-37(33)34(21-28)31-18-19-32-30-10-6-7-11-36(30)41-39(32)38(31)40/h3-23H,1-2H3. The molecule has 0 N–H and O–H groups in total. The molecule has 2 heteroatoms.